The highest BCUT2D eigenvalue weighted by molar-refractivity contribution is 5.48. The minimum absolute atomic E-state index is 0.475. The molecule has 2 rings (SSSR count). The minimum Gasteiger partial charge on any atom is -0.473 e. The Morgan fingerprint density at radius 2 is 2.00 bits per heavy atom. The Hall–Kier alpha value is -2.62. The van der Waals surface area contributed by atoms with Gasteiger partial charge in [-0.05, 0) is 21.9 Å². The van der Waals surface area contributed by atoms with Crippen LogP contribution >= 0.6 is 0 Å². The zero-order valence-electron chi connectivity index (χ0n) is 10.4. The van der Waals surface area contributed by atoms with Crippen LogP contribution in [0.3, 0.4) is 0 Å². The van der Waals surface area contributed by atoms with Crippen LogP contribution in [0.5, 0.6) is 5.88 Å². The van der Waals surface area contributed by atoms with E-state index in [0.717, 1.165) is 15.9 Å². The van der Waals surface area contributed by atoms with Gasteiger partial charge in [-0.1, -0.05) is 30.3 Å². The number of pyridine rings is 1. The summed E-state index contributed by atoms with van der Waals surface area (Å²) in [5, 5.41) is 8.89. The first-order valence-corrected chi connectivity index (χ1v) is 5.83. The fourth-order valence-corrected chi connectivity index (χ4v) is 1.49. The molecule has 96 valence electrons. The number of hydrogen-bond donors (Lipinski definition) is 1. The summed E-state index contributed by atoms with van der Waals surface area (Å²) in [6, 6.07) is 13.4. The maximum absolute atomic E-state index is 8.89. The van der Waals surface area contributed by atoms with Crippen molar-refractivity contribution in [3.8, 4) is 5.88 Å². The van der Waals surface area contributed by atoms with Gasteiger partial charge in [-0.2, -0.15) is 0 Å². The number of ether oxygens (including phenoxy) is 1. The molecule has 4 heteroatoms. The van der Waals surface area contributed by atoms with Crippen LogP contribution in [0.15, 0.2) is 54.9 Å². The summed E-state index contributed by atoms with van der Waals surface area (Å²) in [7, 11) is 0. The third-order valence-electron chi connectivity index (χ3n) is 2.44. The molecule has 1 heterocycles. The molecule has 2 aromatic rings. The second-order valence-electron chi connectivity index (χ2n) is 3.95. The van der Waals surface area contributed by atoms with Crippen molar-refractivity contribution >= 4 is 12.8 Å². The summed E-state index contributed by atoms with van der Waals surface area (Å²) in [6.45, 7) is 3.78. The highest BCUT2D eigenvalue weighted by Gasteiger charge is 1.97. The number of hydrogen-bond acceptors (Lipinski definition) is 3. The molecule has 0 spiro atoms. The lowest BCUT2D eigenvalue weighted by atomic mass is 10.1. The summed E-state index contributed by atoms with van der Waals surface area (Å²) < 4.78 is 6.30. The first kappa shape index (κ1) is 12.8. The second kappa shape index (κ2) is 6.35. The number of benzene rings is 1. The van der Waals surface area contributed by atoms with Crippen molar-refractivity contribution in [2.24, 2.45) is 0 Å². The quantitative estimate of drug-likeness (QED) is 0.387. The van der Waals surface area contributed by atoms with Crippen LogP contribution in [-0.2, 0) is 6.61 Å². The second-order valence-corrected chi connectivity index (χ2v) is 3.95. The molecule has 0 bridgehead atoms. The zero-order valence-corrected chi connectivity index (χ0v) is 10.4. The van der Waals surface area contributed by atoms with Crippen LogP contribution in [0, 0.1) is 0 Å². The van der Waals surface area contributed by atoms with Gasteiger partial charge >= 0.3 is 0 Å². The maximum Gasteiger partial charge on any atom is 0.222 e. The van der Waals surface area contributed by atoms with E-state index in [4.69, 9.17) is 9.94 Å². The van der Waals surface area contributed by atoms with Crippen molar-refractivity contribution in [3.63, 3.8) is 0 Å². The molecule has 0 aliphatic carbocycles. The molecule has 0 radical (unpaired) electrons. The standard InChI is InChI=1S/C15H15N2O2/c1-17(18)11-9-13-5-7-14(8-6-13)12-19-15-4-2-3-10-16-15/h2-11,18H,1,12H2/q+1/b11-9+. The molecule has 1 aromatic heterocycles. The molecule has 0 amide bonds. The molecule has 0 saturated carbocycles. The van der Waals surface area contributed by atoms with E-state index in [1.54, 1.807) is 12.3 Å². The van der Waals surface area contributed by atoms with Crippen molar-refractivity contribution in [3.05, 3.63) is 66.0 Å². The first-order valence-electron chi connectivity index (χ1n) is 5.83. The Balaban J connectivity index is 1.94. The third kappa shape index (κ3) is 4.27. The summed E-state index contributed by atoms with van der Waals surface area (Å²) in [5.74, 6) is 0.611. The fraction of sp³-hybridized carbons (Fsp3) is 0.0667. The first-order chi connectivity index (χ1) is 9.24. The Kier molecular flexibility index (Phi) is 4.29. The lowest BCUT2D eigenvalue weighted by Crippen LogP contribution is -1.96. The third-order valence-corrected chi connectivity index (χ3v) is 2.44. The lowest BCUT2D eigenvalue weighted by molar-refractivity contribution is -0.718. The average Bonchev–Trinajstić information content (AvgIpc) is 2.45. The van der Waals surface area contributed by atoms with Gasteiger partial charge in [0.05, 0.1) is 0 Å². The van der Waals surface area contributed by atoms with Crippen LogP contribution in [0.25, 0.3) is 6.08 Å². The molecule has 0 atom stereocenters. The normalized spacial score (nSPS) is 10.5. The SMILES string of the molecule is C=[N+](O)/C=C/c1ccc(COc2ccccn2)cc1. The summed E-state index contributed by atoms with van der Waals surface area (Å²) in [5.41, 5.74) is 2.03. The van der Waals surface area contributed by atoms with Crippen LogP contribution in [0.4, 0.5) is 0 Å². The van der Waals surface area contributed by atoms with Crippen LogP contribution in [0.2, 0.25) is 0 Å². The highest BCUT2D eigenvalue weighted by Crippen LogP contribution is 2.10. The predicted molar refractivity (Wildman–Crippen MR) is 73.2 cm³/mol. The molecule has 1 aromatic carbocycles. The van der Waals surface area contributed by atoms with Gasteiger partial charge in [-0.25, -0.2) is 4.98 Å². The summed E-state index contributed by atoms with van der Waals surface area (Å²) in [4.78, 5) is 4.09. The van der Waals surface area contributed by atoms with E-state index in [-0.39, 0.29) is 0 Å². The molecule has 1 N–H and O–H groups in total. The van der Waals surface area contributed by atoms with E-state index in [9.17, 15) is 0 Å². The van der Waals surface area contributed by atoms with Crippen molar-refractivity contribution < 1.29 is 14.7 Å². The highest BCUT2D eigenvalue weighted by atomic mass is 16.5. The molecule has 0 unspecified atom stereocenters. The zero-order chi connectivity index (χ0) is 13.5. The molecular formula is C15H15N2O2+. The topological polar surface area (TPSA) is 45.4 Å². The fourth-order valence-electron chi connectivity index (χ4n) is 1.49. The van der Waals surface area contributed by atoms with Crippen LogP contribution in [-0.4, -0.2) is 21.6 Å². The number of rotatable bonds is 5. The van der Waals surface area contributed by atoms with Gasteiger partial charge in [0, 0.05) is 18.3 Å². The van der Waals surface area contributed by atoms with E-state index in [0.29, 0.717) is 12.5 Å². The van der Waals surface area contributed by atoms with E-state index in [2.05, 4.69) is 11.7 Å². The van der Waals surface area contributed by atoms with Gasteiger partial charge in [0.15, 0.2) is 6.72 Å². The van der Waals surface area contributed by atoms with Gasteiger partial charge in [0.25, 0.3) is 0 Å². The number of hydroxylamine groups is 1. The predicted octanol–water partition coefficient (Wildman–Crippen LogP) is 2.73. The van der Waals surface area contributed by atoms with Crippen LogP contribution < -0.4 is 4.74 Å². The smallest absolute Gasteiger partial charge is 0.222 e. The Morgan fingerprint density at radius 1 is 1.21 bits per heavy atom. The lowest BCUT2D eigenvalue weighted by Gasteiger charge is -2.04. The molecule has 0 aliphatic rings. The van der Waals surface area contributed by atoms with E-state index >= 15 is 0 Å². The maximum atomic E-state index is 8.89. The Morgan fingerprint density at radius 3 is 2.63 bits per heavy atom. The van der Waals surface area contributed by atoms with Crippen LogP contribution in [0.1, 0.15) is 11.1 Å². The van der Waals surface area contributed by atoms with Crippen molar-refractivity contribution in [1.29, 1.82) is 0 Å². The van der Waals surface area contributed by atoms with Gasteiger partial charge in [-0.3, -0.25) is 5.21 Å². The van der Waals surface area contributed by atoms with Crippen molar-refractivity contribution in [1.82, 2.24) is 4.98 Å². The monoisotopic (exact) mass is 255 g/mol. The van der Waals surface area contributed by atoms with Gasteiger partial charge in [0.2, 0.25) is 12.1 Å². The van der Waals surface area contributed by atoms with E-state index < -0.39 is 0 Å². The van der Waals surface area contributed by atoms with E-state index in [1.807, 2.05) is 42.5 Å². The van der Waals surface area contributed by atoms with Gasteiger partial charge in [-0.15, -0.1) is 0 Å². The summed E-state index contributed by atoms with van der Waals surface area (Å²) in [6.07, 6.45) is 4.93. The van der Waals surface area contributed by atoms with Crippen molar-refractivity contribution in [2.75, 3.05) is 0 Å². The van der Waals surface area contributed by atoms with Gasteiger partial charge in [0.1, 0.15) is 6.61 Å². The van der Waals surface area contributed by atoms with E-state index in [1.165, 1.54) is 6.20 Å². The summed E-state index contributed by atoms with van der Waals surface area (Å²) >= 11 is 0. The Labute approximate surface area is 111 Å². The molecule has 0 aliphatic heterocycles. The molecular weight excluding hydrogens is 240 g/mol. The number of nitrogens with zero attached hydrogens (tertiary/aromatic N) is 2. The molecule has 19 heavy (non-hydrogen) atoms. The Bertz CT molecular complexity index is 562. The largest absolute Gasteiger partial charge is 0.473 e. The minimum atomic E-state index is 0.475. The molecule has 0 saturated heterocycles. The molecule has 4 nitrogen and oxygen atoms in total. The average molecular weight is 255 g/mol. The molecule has 0 fully saturated rings. The van der Waals surface area contributed by atoms with Gasteiger partial charge < -0.3 is 4.74 Å². The van der Waals surface area contributed by atoms with Crippen molar-refractivity contribution in [2.45, 2.75) is 6.61 Å². The number of aromatic nitrogens is 1.